The number of halogens is 3. The Morgan fingerprint density at radius 3 is 2.47 bits per heavy atom. The van der Waals surface area contributed by atoms with Crippen LogP contribution in [0.1, 0.15) is 11.3 Å². The van der Waals surface area contributed by atoms with Crippen molar-refractivity contribution in [1.82, 2.24) is 4.90 Å². The fourth-order valence-corrected chi connectivity index (χ4v) is 4.72. The van der Waals surface area contributed by atoms with E-state index in [2.05, 4.69) is 0 Å². The van der Waals surface area contributed by atoms with Gasteiger partial charge in [-0.25, -0.2) is 0 Å². The van der Waals surface area contributed by atoms with Gasteiger partial charge in [-0.3, -0.25) is 14.5 Å². The van der Waals surface area contributed by atoms with Crippen LogP contribution < -0.4 is 0 Å². The first-order valence-corrected chi connectivity index (χ1v) is 11.4. The van der Waals surface area contributed by atoms with Gasteiger partial charge >= 0.3 is 0 Å². The number of furan rings is 1. The van der Waals surface area contributed by atoms with Crippen LogP contribution in [0.3, 0.4) is 0 Å². The van der Waals surface area contributed by atoms with Gasteiger partial charge in [0, 0.05) is 16.0 Å². The van der Waals surface area contributed by atoms with E-state index in [-0.39, 0.29) is 17.7 Å². The predicted molar refractivity (Wildman–Crippen MR) is 122 cm³/mol. The molecule has 1 saturated heterocycles. The summed E-state index contributed by atoms with van der Waals surface area (Å²) in [6, 6.07) is 16.0. The van der Waals surface area contributed by atoms with E-state index in [1.165, 1.54) is 16.7 Å². The molecule has 0 atom stereocenters. The Balaban J connectivity index is 1.47. The Kier molecular flexibility index (Phi) is 6.51. The molecule has 0 N–H and O–H groups in total. The van der Waals surface area contributed by atoms with Crippen molar-refractivity contribution in [2.24, 2.45) is 0 Å². The molecule has 0 aliphatic carbocycles. The molecule has 0 spiro atoms. The second kappa shape index (κ2) is 9.12. The van der Waals surface area contributed by atoms with Gasteiger partial charge in [0.15, 0.2) is 5.09 Å². The molecule has 0 saturated carbocycles. The van der Waals surface area contributed by atoms with Crippen LogP contribution in [0.15, 0.2) is 73.9 Å². The van der Waals surface area contributed by atoms with E-state index in [9.17, 15) is 9.59 Å². The molecular formula is C21H12Cl3NO3S2. The zero-order valence-electron chi connectivity index (χ0n) is 15.1. The van der Waals surface area contributed by atoms with Crippen LogP contribution in [0.4, 0.5) is 4.79 Å². The minimum absolute atomic E-state index is 0.120. The van der Waals surface area contributed by atoms with Crippen molar-refractivity contribution in [3.8, 4) is 0 Å². The van der Waals surface area contributed by atoms with Gasteiger partial charge in [-0.15, -0.1) is 0 Å². The number of imide groups is 1. The summed E-state index contributed by atoms with van der Waals surface area (Å²) in [5.74, 6) is 0.117. The van der Waals surface area contributed by atoms with Crippen molar-refractivity contribution in [3.63, 3.8) is 0 Å². The van der Waals surface area contributed by atoms with Crippen LogP contribution in [0, 0.1) is 0 Å². The highest BCUT2D eigenvalue weighted by atomic mass is 35.5. The first-order chi connectivity index (χ1) is 14.4. The first kappa shape index (κ1) is 21.4. The van der Waals surface area contributed by atoms with Gasteiger partial charge in [0.1, 0.15) is 5.76 Å². The van der Waals surface area contributed by atoms with E-state index in [0.717, 1.165) is 16.7 Å². The minimum atomic E-state index is -0.376. The third-order valence-corrected chi connectivity index (χ3v) is 6.93. The van der Waals surface area contributed by atoms with Gasteiger partial charge in [-0.2, -0.15) is 0 Å². The monoisotopic (exact) mass is 495 g/mol. The SMILES string of the molecule is O=C1S/C(=C/c2ccc(Sc3ccc(Cl)cc3)o2)C(=O)N1Cc1ccc(Cl)c(Cl)c1. The number of hydrogen-bond donors (Lipinski definition) is 0. The highest BCUT2D eigenvalue weighted by Gasteiger charge is 2.35. The van der Waals surface area contributed by atoms with Crippen LogP contribution in [0.2, 0.25) is 15.1 Å². The molecule has 152 valence electrons. The molecule has 1 aromatic heterocycles. The van der Waals surface area contributed by atoms with E-state index in [1.54, 1.807) is 42.5 Å². The van der Waals surface area contributed by atoms with Gasteiger partial charge in [-0.05, 0) is 65.9 Å². The van der Waals surface area contributed by atoms with Gasteiger partial charge < -0.3 is 4.42 Å². The van der Waals surface area contributed by atoms with Crippen LogP contribution in [-0.4, -0.2) is 16.0 Å². The topological polar surface area (TPSA) is 50.5 Å². The first-order valence-electron chi connectivity index (χ1n) is 8.61. The third kappa shape index (κ3) is 4.90. The standard InChI is InChI=1S/C21H12Cl3NO3S2/c22-13-2-5-15(6-3-13)29-19-8-4-14(28-19)10-18-20(26)25(21(27)30-18)11-12-1-7-16(23)17(24)9-12/h1-10H,11H2/b18-10+. The van der Waals surface area contributed by atoms with Crippen LogP contribution in [0.25, 0.3) is 6.08 Å². The summed E-state index contributed by atoms with van der Waals surface area (Å²) in [7, 11) is 0. The molecule has 1 fully saturated rings. The molecule has 30 heavy (non-hydrogen) atoms. The molecule has 2 heterocycles. The summed E-state index contributed by atoms with van der Waals surface area (Å²) in [6.45, 7) is 0.120. The lowest BCUT2D eigenvalue weighted by atomic mass is 10.2. The number of nitrogens with zero attached hydrogens (tertiary/aromatic N) is 1. The van der Waals surface area contributed by atoms with Crippen molar-refractivity contribution in [3.05, 3.63) is 85.9 Å². The van der Waals surface area contributed by atoms with E-state index in [1.807, 2.05) is 18.2 Å². The fraction of sp³-hybridized carbons (Fsp3) is 0.0476. The largest absolute Gasteiger partial charge is 0.450 e. The summed E-state index contributed by atoms with van der Waals surface area (Å²) in [5.41, 5.74) is 0.715. The summed E-state index contributed by atoms with van der Waals surface area (Å²) in [5, 5.41) is 1.77. The van der Waals surface area contributed by atoms with E-state index in [0.29, 0.717) is 36.4 Å². The van der Waals surface area contributed by atoms with E-state index >= 15 is 0 Å². The average Bonchev–Trinajstić information content (AvgIpc) is 3.26. The van der Waals surface area contributed by atoms with Gasteiger partial charge in [0.25, 0.3) is 11.1 Å². The maximum Gasteiger partial charge on any atom is 0.293 e. The highest BCUT2D eigenvalue weighted by molar-refractivity contribution is 8.18. The van der Waals surface area contributed by atoms with Crippen LogP contribution >= 0.6 is 58.3 Å². The van der Waals surface area contributed by atoms with Gasteiger partial charge in [-0.1, -0.05) is 52.6 Å². The molecule has 2 aromatic carbocycles. The van der Waals surface area contributed by atoms with Crippen molar-refractivity contribution < 1.29 is 14.0 Å². The lowest BCUT2D eigenvalue weighted by molar-refractivity contribution is -0.123. The zero-order chi connectivity index (χ0) is 21.3. The lowest BCUT2D eigenvalue weighted by Gasteiger charge is -2.12. The number of rotatable bonds is 5. The normalized spacial score (nSPS) is 15.4. The molecule has 0 unspecified atom stereocenters. The molecule has 4 rings (SSSR count). The molecule has 0 radical (unpaired) electrons. The maximum atomic E-state index is 12.7. The average molecular weight is 497 g/mol. The molecule has 0 bridgehead atoms. The number of amides is 2. The Morgan fingerprint density at radius 2 is 1.73 bits per heavy atom. The fourth-order valence-electron chi connectivity index (χ4n) is 2.67. The van der Waals surface area contributed by atoms with Crippen molar-refractivity contribution >= 4 is 75.5 Å². The van der Waals surface area contributed by atoms with E-state index < -0.39 is 0 Å². The molecule has 1 aliphatic heterocycles. The van der Waals surface area contributed by atoms with Gasteiger partial charge in [0.2, 0.25) is 0 Å². The molecule has 9 heteroatoms. The summed E-state index contributed by atoms with van der Waals surface area (Å²) < 4.78 is 5.77. The van der Waals surface area contributed by atoms with Crippen LogP contribution in [-0.2, 0) is 11.3 Å². The molecule has 3 aromatic rings. The quantitative estimate of drug-likeness (QED) is 0.340. The highest BCUT2D eigenvalue weighted by Crippen LogP contribution is 2.36. The smallest absolute Gasteiger partial charge is 0.293 e. The molecule has 4 nitrogen and oxygen atoms in total. The molecular weight excluding hydrogens is 485 g/mol. The van der Waals surface area contributed by atoms with Crippen molar-refractivity contribution in [2.45, 2.75) is 16.5 Å². The second-order valence-electron chi connectivity index (χ2n) is 6.23. The molecule has 2 amide bonds. The van der Waals surface area contributed by atoms with Crippen LogP contribution in [0.5, 0.6) is 0 Å². The number of benzene rings is 2. The summed E-state index contributed by atoms with van der Waals surface area (Å²) >= 11 is 20.1. The van der Waals surface area contributed by atoms with E-state index in [4.69, 9.17) is 39.2 Å². The van der Waals surface area contributed by atoms with Crippen molar-refractivity contribution in [2.75, 3.05) is 0 Å². The zero-order valence-corrected chi connectivity index (χ0v) is 19.0. The lowest BCUT2D eigenvalue weighted by Crippen LogP contribution is -2.27. The third-order valence-electron chi connectivity index (χ3n) is 4.11. The Bertz CT molecular complexity index is 1160. The Labute approximate surface area is 196 Å². The predicted octanol–water partition coefficient (Wildman–Crippen LogP) is 7.63. The van der Waals surface area contributed by atoms with Gasteiger partial charge in [0.05, 0.1) is 21.5 Å². The number of thioether (sulfide) groups is 1. The second-order valence-corrected chi connectivity index (χ2v) is 9.55. The number of hydrogen-bond acceptors (Lipinski definition) is 5. The Hall–Kier alpha value is -1.83. The maximum absolute atomic E-state index is 12.7. The summed E-state index contributed by atoms with van der Waals surface area (Å²) in [6.07, 6.45) is 1.58. The summed E-state index contributed by atoms with van der Waals surface area (Å²) in [4.78, 5) is 27.5. The Morgan fingerprint density at radius 1 is 0.967 bits per heavy atom. The number of carbonyl (C=O) groups is 2. The van der Waals surface area contributed by atoms with Crippen molar-refractivity contribution in [1.29, 1.82) is 0 Å². The number of carbonyl (C=O) groups excluding carboxylic acids is 2. The molecule has 1 aliphatic rings. The minimum Gasteiger partial charge on any atom is -0.450 e.